The number of carbonyl (C=O) groups excluding carboxylic acids is 1. The van der Waals surface area contributed by atoms with Crippen LogP contribution < -0.4 is 0 Å². The molecule has 0 fully saturated rings. The Hall–Kier alpha value is -2.24. The zero-order valence-corrected chi connectivity index (χ0v) is 9.90. The van der Waals surface area contributed by atoms with Crippen molar-refractivity contribution in [2.45, 2.75) is 13.1 Å². The first-order chi connectivity index (χ1) is 8.88. The van der Waals surface area contributed by atoms with Crippen LogP contribution >= 0.6 is 0 Å². The molecule has 0 radical (unpaired) electrons. The van der Waals surface area contributed by atoms with Crippen LogP contribution in [0.25, 0.3) is 11.3 Å². The highest BCUT2D eigenvalue weighted by Crippen LogP contribution is 2.31. The number of aromatic nitrogens is 2. The van der Waals surface area contributed by atoms with Gasteiger partial charge in [0.1, 0.15) is 0 Å². The van der Waals surface area contributed by atoms with Crippen LogP contribution in [0.3, 0.4) is 0 Å². The molecule has 1 aromatic carbocycles. The Bertz CT molecular complexity index is 623. The summed E-state index contributed by atoms with van der Waals surface area (Å²) in [6.07, 6.45) is -3.14. The van der Waals surface area contributed by atoms with Crippen LogP contribution in [-0.2, 0) is 6.18 Å². The SMILES string of the molecule is CC(=O)c1cnnc(-c2cccc(C(F)(F)F)c2)c1. The highest BCUT2D eigenvalue weighted by molar-refractivity contribution is 5.94. The second kappa shape index (κ2) is 4.79. The molecule has 0 saturated heterocycles. The topological polar surface area (TPSA) is 42.9 Å². The van der Waals surface area contributed by atoms with E-state index in [-0.39, 0.29) is 17.0 Å². The Morgan fingerprint density at radius 2 is 1.95 bits per heavy atom. The summed E-state index contributed by atoms with van der Waals surface area (Å²) in [5.74, 6) is -0.219. The Labute approximate surface area is 107 Å². The second-order valence-corrected chi connectivity index (χ2v) is 3.96. The van der Waals surface area contributed by atoms with Crippen molar-refractivity contribution in [1.82, 2.24) is 10.2 Å². The van der Waals surface area contributed by atoms with Gasteiger partial charge in [0.05, 0.1) is 17.5 Å². The molecular formula is C13H9F3N2O. The summed E-state index contributed by atoms with van der Waals surface area (Å²) >= 11 is 0. The van der Waals surface area contributed by atoms with Crippen LogP contribution in [0.1, 0.15) is 22.8 Å². The first-order valence-electron chi connectivity index (χ1n) is 5.39. The molecule has 0 N–H and O–H groups in total. The molecule has 1 heterocycles. The van der Waals surface area contributed by atoms with E-state index in [1.54, 1.807) is 0 Å². The number of Topliss-reactive ketones (excluding diaryl/α,β-unsaturated/α-hetero) is 1. The van der Waals surface area contributed by atoms with E-state index in [0.717, 1.165) is 12.1 Å². The summed E-state index contributed by atoms with van der Waals surface area (Å²) in [5, 5.41) is 7.37. The predicted molar refractivity (Wildman–Crippen MR) is 62.5 cm³/mol. The van der Waals surface area contributed by atoms with Crippen molar-refractivity contribution in [2.24, 2.45) is 0 Å². The molecule has 0 unspecified atom stereocenters. The number of nitrogens with zero attached hydrogens (tertiary/aromatic N) is 2. The van der Waals surface area contributed by atoms with E-state index >= 15 is 0 Å². The molecule has 2 aromatic rings. The Morgan fingerprint density at radius 3 is 2.58 bits per heavy atom. The fourth-order valence-corrected chi connectivity index (χ4v) is 1.56. The maximum atomic E-state index is 12.6. The van der Waals surface area contributed by atoms with E-state index in [1.807, 2.05) is 0 Å². The summed E-state index contributed by atoms with van der Waals surface area (Å²) in [7, 11) is 0. The molecule has 3 nitrogen and oxygen atoms in total. The third-order valence-electron chi connectivity index (χ3n) is 2.55. The fourth-order valence-electron chi connectivity index (χ4n) is 1.56. The maximum absolute atomic E-state index is 12.6. The van der Waals surface area contributed by atoms with Gasteiger partial charge in [-0.25, -0.2) is 0 Å². The molecule has 0 atom stereocenters. The summed E-state index contributed by atoms with van der Waals surface area (Å²) in [5.41, 5.74) is 0.0478. The minimum absolute atomic E-state index is 0.219. The monoisotopic (exact) mass is 266 g/mol. The standard InChI is InChI=1S/C13H9F3N2O/c1-8(19)10-6-12(18-17-7-10)9-3-2-4-11(5-9)13(14,15)16/h2-7H,1H3. The third-order valence-corrected chi connectivity index (χ3v) is 2.55. The third kappa shape index (κ3) is 2.96. The minimum Gasteiger partial charge on any atom is -0.294 e. The van der Waals surface area contributed by atoms with Gasteiger partial charge in [-0.2, -0.15) is 23.4 Å². The number of halogens is 3. The molecular weight excluding hydrogens is 257 g/mol. The van der Waals surface area contributed by atoms with Gasteiger partial charge in [0, 0.05) is 11.1 Å². The van der Waals surface area contributed by atoms with Crippen LogP contribution in [0.5, 0.6) is 0 Å². The number of hydrogen-bond donors (Lipinski definition) is 0. The molecule has 0 aliphatic carbocycles. The first-order valence-corrected chi connectivity index (χ1v) is 5.39. The lowest BCUT2D eigenvalue weighted by Gasteiger charge is -2.08. The van der Waals surface area contributed by atoms with E-state index in [1.165, 1.54) is 31.3 Å². The van der Waals surface area contributed by atoms with Crippen molar-refractivity contribution in [2.75, 3.05) is 0 Å². The van der Waals surface area contributed by atoms with E-state index in [2.05, 4.69) is 10.2 Å². The lowest BCUT2D eigenvalue weighted by molar-refractivity contribution is -0.137. The largest absolute Gasteiger partial charge is 0.416 e. The lowest BCUT2D eigenvalue weighted by atomic mass is 10.1. The van der Waals surface area contributed by atoms with E-state index in [4.69, 9.17) is 0 Å². The van der Waals surface area contributed by atoms with Crippen LogP contribution in [0.15, 0.2) is 36.5 Å². The molecule has 0 aliphatic rings. The summed E-state index contributed by atoms with van der Waals surface area (Å²) in [6, 6.07) is 6.16. The molecule has 0 amide bonds. The highest BCUT2D eigenvalue weighted by atomic mass is 19.4. The molecule has 0 bridgehead atoms. The van der Waals surface area contributed by atoms with Crippen LogP contribution in [0.4, 0.5) is 13.2 Å². The number of hydrogen-bond acceptors (Lipinski definition) is 3. The van der Waals surface area contributed by atoms with Gasteiger partial charge >= 0.3 is 6.18 Å². The number of benzene rings is 1. The van der Waals surface area contributed by atoms with Gasteiger partial charge in [0.15, 0.2) is 5.78 Å². The second-order valence-electron chi connectivity index (χ2n) is 3.96. The predicted octanol–water partition coefficient (Wildman–Crippen LogP) is 3.37. The van der Waals surface area contributed by atoms with Gasteiger partial charge in [0.25, 0.3) is 0 Å². The van der Waals surface area contributed by atoms with Crippen molar-refractivity contribution in [3.63, 3.8) is 0 Å². The van der Waals surface area contributed by atoms with Gasteiger partial charge in [-0.3, -0.25) is 4.79 Å². The zero-order valence-electron chi connectivity index (χ0n) is 9.90. The molecule has 6 heteroatoms. The molecule has 0 spiro atoms. The van der Waals surface area contributed by atoms with Gasteiger partial charge < -0.3 is 0 Å². The van der Waals surface area contributed by atoms with Crippen LogP contribution in [-0.4, -0.2) is 16.0 Å². The van der Waals surface area contributed by atoms with Crippen molar-refractivity contribution in [3.05, 3.63) is 47.7 Å². The Balaban J connectivity index is 2.48. The van der Waals surface area contributed by atoms with Crippen LogP contribution in [0, 0.1) is 0 Å². The van der Waals surface area contributed by atoms with Crippen molar-refractivity contribution in [3.8, 4) is 11.3 Å². The van der Waals surface area contributed by atoms with Crippen molar-refractivity contribution < 1.29 is 18.0 Å². The average Bonchev–Trinajstić information content (AvgIpc) is 2.38. The van der Waals surface area contributed by atoms with Crippen molar-refractivity contribution in [1.29, 1.82) is 0 Å². The quantitative estimate of drug-likeness (QED) is 0.783. The number of rotatable bonds is 2. The smallest absolute Gasteiger partial charge is 0.294 e. The number of ketones is 1. The fraction of sp³-hybridized carbons (Fsp3) is 0.154. The van der Waals surface area contributed by atoms with Crippen LogP contribution in [0.2, 0.25) is 0 Å². The average molecular weight is 266 g/mol. The normalized spacial score (nSPS) is 11.4. The first kappa shape index (κ1) is 13.2. The summed E-state index contributed by atoms with van der Waals surface area (Å²) < 4.78 is 37.8. The van der Waals surface area contributed by atoms with E-state index < -0.39 is 11.7 Å². The van der Waals surface area contributed by atoms with Gasteiger partial charge in [-0.1, -0.05) is 12.1 Å². The van der Waals surface area contributed by atoms with Crippen molar-refractivity contribution >= 4 is 5.78 Å². The van der Waals surface area contributed by atoms with E-state index in [0.29, 0.717) is 5.56 Å². The summed E-state index contributed by atoms with van der Waals surface area (Å²) in [6.45, 7) is 1.35. The number of carbonyl (C=O) groups is 1. The van der Waals surface area contributed by atoms with Gasteiger partial charge in [0.2, 0.25) is 0 Å². The molecule has 2 rings (SSSR count). The van der Waals surface area contributed by atoms with Gasteiger partial charge in [-0.05, 0) is 25.1 Å². The Kier molecular flexibility index (Phi) is 3.33. The highest BCUT2D eigenvalue weighted by Gasteiger charge is 2.30. The molecule has 0 aliphatic heterocycles. The Morgan fingerprint density at radius 1 is 1.21 bits per heavy atom. The number of alkyl halides is 3. The zero-order chi connectivity index (χ0) is 14.0. The lowest BCUT2D eigenvalue weighted by Crippen LogP contribution is -2.05. The minimum atomic E-state index is -4.42. The van der Waals surface area contributed by atoms with Gasteiger partial charge in [-0.15, -0.1) is 0 Å². The molecule has 0 saturated carbocycles. The molecule has 19 heavy (non-hydrogen) atoms. The maximum Gasteiger partial charge on any atom is 0.416 e. The molecule has 98 valence electrons. The summed E-state index contributed by atoms with van der Waals surface area (Å²) in [4.78, 5) is 11.2. The molecule has 1 aromatic heterocycles. The van der Waals surface area contributed by atoms with E-state index in [9.17, 15) is 18.0 Å².